The van der Waals surface area contributed by atoms with Crippen molar-refractivity contribution in [2.24, 2.45) is 0 Å². The zero-order valence-corrected chi connectivity index (χ0v) is 17.0. The fourth-order valence-electron chi connectivity index (χ4n) is 3.20. The predicted octanol–water partition coefficient (Wildman–Crippen LogP) is 5.49. The molecule has 0 saturated carbocycles. The quantitative estimate of drug-likeness (QED) is 0.645. The van der Waals surface area contributed by atoms with Gasteiger partial charge in [0.1, 0.15) is 11.5 Å². The second kappa shape index (κ2) is 9.46. The smallest absolute Gasteiger partial charge is 0.131 e. The normalized spacial score (nSPS) is 10.9. The van der Waals surface area contributed by atoms with Gasteiger partial charge in [-0.1, -0.05) is 27.7 Å². The number of hydrogen-bond donors (Lipinski definition) is 1. The third kappa shape index (κ3) is 4.29. The van der Waals surface area contributed by atoms with Crippen LogP contribution in [-0.4, -0.2) is 25.2 Å². The van der Waals surface area contributed by atoms with Gasteiger partial charge in [-0.15, -0.1) is 0 Å². The number of hydrogen-bond acceptors (Lipinski definition) is 4. The SMILES string of the molecule is CCc1cc(NC(CC)CC)c(CC)nc1-c1ccc(OC)cc1OC. The van der Waals surface area contributed by atoms with E-state index in [4.69, 9.17) is 14.5 Å². The lowest BCUT2D eigenvalue weighted by molar-refractivity contribution is 0.395. The molecule has 0 unspecified atom stereocenters. The summed E-state index contributed by atoms with van der Waals surface area (Å²) in [6, 6.07) is 8.66. The number of nitrogens with one attached hydrogen (secondary N) is 1. The molecule has 0 aliphatic rings. The molecule has 0 atom stereocenters. The summed E-state index contributed by atoms with van der Waals surface area (Å²) in [7, 11) is 3.35. The van der Waals surface area contributed by atoms with Crippen LogP contribution in [0.25, 0.3) is 11.3 Å². The number of nitrogens with zero attached hydrogens (tertiary/aromatic N) is 1. The highest BCUT2D eigenvalue weighted by Gasteiger charge is 2.17. The van der Waals surface area contributed by atoms with Gasteiger partial charge in [0, 0.05) is 17.7 Å². The Hall–Kier alpha value is -2.23. The van der Waals surface area contributed by atoms with Crippen LogP contribution >= 0.6 is 0 Å². The van der Waals surface area contributed by atoms with Crippen LogP contribution in [0.2, 0.25) is 0 Å². The molecule has 142 valence electrons. The monoisotopic (exact) mass is 356 g/mol. The van der Waals surface area contributed by atoms with Crippen molar-refractivity contribution in [1.29, 1.82) is 0 Å². The van der Waals surface area contributed by atoms with E-state index >= 15 is 0 Å². The van der Waals surface area contributed by atoms with Gasteiger partial charge >= 0.3 is 0 Å². The number of aryl methyl sites for hydroxylation is 2. The Morgan fingerprint density at radius 2 is 1.69 bits per heavy atom. The van der Waals surface area contributed by atoms with Crippen molar-refractivity contribution < 1.29 is 9.47 Å². The highest BCUT2D eigenvalue weighted by molar-refractivity contribution is 5.73. The number of benzene rings is 1. The zero-order valence-electron chi connectivity index (χ0n) is 17.0. The summed E-state index contributed by atoms with van der Waals surface area (Å²) in [5, 5.41) is 3.68. The van der Waals surface area contributed by atoms with E-state index in [2.05, 4.69) is 39.1 Å². The summed E-state index contributed by atoms with van der Waals surface area (Å²) in [5.41, 5.74) is 5.49. The molecule has 0 spiro atoms. The van der Waals surface area contributed by atoms with E-state index < -0.39 is 0 Å². The lowest BCUT2D eigenvalue weighted by Crippen LogP contribution is -2.19. The van der Waals surface area contributed by atoms with Crippen molar-refractivity contribution in [3.8, 4) is 22.8 Å². The fraction of sp³-hybridized carbons (Fsp3) is 0.500. The Morgan fingerprint density at radius 1 is 0.962 bits per heavy atom. The molecule has 26 heavy (non-hydrogen) atoms. The second-order valence-electron chi connectivity index (χ2n) is 6.42. The molecule has 0 radical (unpaired) electrons. The summed E-state index contributed by atoms with van der Waals surface area (Å²) >= 11 is 0. The van der Waals surface area contributed by atoms with E-state index in [9.17, 15) is 0 Å². The van der Waals surface area contributed by atoms with Gasteiger partial charge in [-0.05, 0) is 49.4 Å². The van der Waals surface area contributed by atoms with Crippen molar-refractivity contribution in [2.45, 2.75) is 59.4 Å². The Labute approximate surface area is 157 Å². The Bertz CT molecular complexity index is 724. The minimum atomic E-state index is 0.480. The zero-order chi connectivity index (χ0) is 19.1. The maximum Gasteiger partial charge on any atom is 0.131 e. The van der Waals surface area contributed by atoms with Crippen LogP contribution in [0.15, 0.2) is 24.3 Å². The first-order valence-corrected chi connectivity index (χ1v) is 9.63. The third-order valence-electron chi connectivity index (χ3n) is 4.91. The van der Waals surface area contributed by atoms with Gasteiger partial charge in [0.25, 0.3) is 0 Å². The largest absolute Gasteiger partial charge is 0.497 e. The number of ether oxygens (including phenoxy) is 2. The molecule has 0 saturated heterocycles. The van der Waals surface area contributed by atoms with Crippen molar-refractivity contribution >= 4 is 5.69 Å². The highest BCUT2D eigenvalue weighted by Crippen LogP contribution is 2.36. The number of pyridine rings is 1. The minimum absolute atomic E-state index is 0.480. The molecular formula is C22H32N2O2. The molecule has 0 fully saturated rings. The molecular weight excluding hydrogens is 324 g/mol. The van der Waals surface area contributed by atoms with Crippen LogP contribution in [0.3, 0.4) is 0 Å². The number of aromatic nitrogens is 1. The van der Waals surface area contributed by atoms with Gasteiger partial charge in [0.05, 0.1) is 31.3 Å². The number of rotatable bonds is 9. The predicted molar refractivity (Wildman–Crippen MR) is 110 cm³/mol. The molecule has 1 aromatic heterocycles. The van der Waals surface area contributed by atoms with Crippen LogP contribution in [0, 0.1) is 0 Å². The molecule has 4 heteroatoms. The van der Waals surface area contributed by atoms with Gasteiger partial charge in [-0.25, -0.2) is 0 Å². The number of anilines is 1. The van der Waals surface area contributed by atoms with Gasteiger partial charge in [0.2, 0.25) is 0 Å². The first kappa shape index (κ1) is 20.1. The van der Waals surface area contributed by atoms with Crippen molar-refractivity contribution in [3.05, 3.63) is 35.5 Å². The van der Waals surface area contributed by atoms with Gasteiger partial charge in [-0.3, -0.25) is 4.98 Å². The van der Waals surface area contributed by atoms with E-state index in [1.54, 1.807) is 14.2 Å². The summed E-state index contributed by atoms with van der Waals surface area (Å²) in [5.74, 6) is 1.57. The lowest BCUT2D eigenvalue weighted by Gasteiger charge is -2.21. The van der Waals surface area contributed by atoms with Crippen LogP contribution in [0.5, 0.6) is 11.5 Å². The second-order valence-corrected chi connectivity index (χ2v) is 6.42. The van der Waals surface area contributed by atoms with Crippen LogP contribution < -0.4 is 14.8 Å². The van der Waals surface area contributed by atoms with E-state index in [1.807, 2.05) is 18.2 Å². The van der Waals surface area contributed by atoms with Gasteiger partial charge in [-0.2, -0.15) is 0 Å². The van der Waals surface area contributed by atoms with E-state index in [1.165, 1.54) is 5.56 Å². The molecule has 1 N–H and O–H groups in total. The van der Waals surface area contributed by atoms with Gasteiger partial charge < -0.3 is 14.8 Å². The molecule has 0 amide bonds. The van der Waals surface area contributed by atoms with Crippen LogP contribution in [-0.2, 0) is 12.8 Å². The summed E-state index contributed by atoms with van der Waals surface area (Å²) in [6.07, 6.45) is 4.02. The first-order valence-electron chi connectivity index (χ1n) is 9.63. The molecule has 0 bridgehead atoms. The van der Waals surface area contributed by atoms with Crippen LogP contribution in [0.4, 0.5) is 5.69 Å². The maximum atomic E-state index is 5.61. The molecule has 1 aromatic carbocycles. The number of methoxy groups -OCH3 is 2. The fourth-order valence-corrected chi connectivity index (χ4v) is 3.20. The summed E-state index contributed by atoms with van der Waals surface area (Å²) in [4.78, 5) is 5.03. The van der Waals surface area contributed by atoms with E-state index in [0.29, 0.717) is 6.04 Å². The molecule has 2 rings (SSSR count). The highest BCUT2D eigenvalue weighted by atomic mass is 16.5. The first-order chi connectivity index (χ1) is 12.6. The Kier molecular flexibility index (Phi) is 7.31. The van der Waals surface area contributed by atoms with Crippen molar-refractivity contribution in [2.75, 3.05) is 19.5 Å². The van der Waals surface area contributed by atoms with E-state index in [-0.39, 0.29) is 0 Å². The molecule has 0 aliphatic heterocycles. The Morgan fingerprint density at radius 3 is 2.23 bits per heavy atom. The maximum absolute atomic E-state index is 5.61. The topological polar surface area (TPSA) is 43.4 Å². The average Bonchev–Trinajstić information content (AvgIpc) is 2.70. The molecule has 2 aromatic rings. The minimum Gasteiger partial charge on any atom is -0.497 e. The molecule has 0 aliphatic carbocycles. The summed E-state index contributed by atoms with van der Waals surface area (Å²) < 4.78 is 10.9. The van der Waals surface area contributed by atoms with Crippen molar-refractivity contribution in [3.63, 3.8) is 0 Å². The third-order valence-corrected chi connectivity index (χ3v) is 4.91. The molecule has 4 nitrogen and oxygen atoms in total. The van der Waals surface area contributed by atoms with E-state index in [0.717, 1.165) is 59.8 Å². The summed E-state index contributed by atoms with van der Waals surface area (Å²) in [6.45, 7) is 8.76. The van der Waals surface area contributed by atoms with Crippen LogP contribution in [0.1, 0.15) is 51.8 Å². The van der Waals surface area contributed by atoms with Crippen molar-refractivity contribution in [1.82, 2.24) is 4.98 Å². The van der Waals surface area contributed by atoms with Gasteiger partial charge in [0.15, 0.2) is 0 Å². The average molecular weight is 357 g/mol. The molecule has 1 heterocycles. The standard InChI is InChI=1S/C22H32N2O2/c1-7-15-13-20(23-16(8-2)9-3)19(10-4)24-22(15)18-12-11-17(25-5)14-21(18)26-6/h11-14,16,23H,7-10H2,1-6H3. The Balaban J connectivity index is 2.56. The lowest BCUT2D eigenvalue weighted by atomic mass is 10.00.